The zero-order chi connectivity index (χ0) is 14.1. The molecule has 7 nitrogen and oxygen atoms in total. The number of fused-ring (bicyclic) bond motifs is 3. The molecule has 102 valence electrons. The number of nitrogens with two attached hydrogens (primary N) is 2. The molecule has 0 aliphatic rings. The first-order valence-corrected chi connectivity index (χ1v) is 6.21. The van der Waals surface area contributed by atoms with E-state index >= 15 is 0 Å². The lowest BCUT2D eigenvalue weighted by Crippen LogP contribution is -2.14. The zero-order valence-electron chi connectivity index (χ0n) is 10.7. The van der Waals surface area contributed by atoms with Crippen molar-refractivity contribution in [2.24, 2.45) is 11.5 Å². The predicted molar refractivity (Wildman–Crippen MR) is 77.5 cm³/mol. The molecule has 7 heteroatoms. The maximum absolute atomic E-state index is 11.3. The van der Waals surface area contributed by atoms with Gasteiger partial charge in [-0.1, -0.05) is 0 Å². The number of nitrogens with zero attached hydrogens (tertiary/aromatic N) is 2. The van der Waals surface area contributed by atoms with Gasteiger partial charge in [0, 0.05) is 29.6 Å². The molecule has 3 aromatic rings. The highest BCUT2D eigenvalue weighted by Gasteiger charge is 2.12. The quantitative estimate of drug-likeness (QED) is 0.552. The fourth-order valence-corrected chi connectivity index (χ4v) is 2.20. The van der Waals surface area contributed by atoms with Gasteiger partial charge in [-0.2, -0.15) is 0 Å². The van der Waals surface area contributed by atoms with Gasteiger partial charge in [-0.3, -0.25) is 4.79 Å². The van der Waals surface area contributed by atoms with Crippen LogP contribution in [0.15, 0.2) is 24.5 Å². The van der Waals surface area contributed by atoms with Crippen molar-refractivity contribution in [3.05, 3.63) is 30.1 Å². The Balaban J connectivity index is 2.27. The van der Waals surface area contributed by atoms with Gasteiger partial charge < -0.3 is 21.8 Å². The van der Waals surface area contributed by atoms with Crippen LogP contribution in [0.25, 0.3) is 21.9 Å². The maximum atomic E-state index is 11.3. The Kier molecular flexibility index (Phi) is 2.96. The third-order valence-electron chi connectivity index (χ3n) is 3.11. The van der Waals surface area contributed by atoms with Gasteiger partial charge in [0.05, 0.1) is 5.39 Å². The molecule has 1 amide bonds. The summed E-state index contributed by atoms with van der Waals surface area (Å²) in [4.78, 5) is 22.9. The molecular weight excluding hydrogens is 256 g/mol. The third-order valence-corrected chi connectivity index (χ3v) is 3.11. The fraction of sp³-hybridized carbons (Fsp3) is 0.154. The summed E-state index contributed by atoms with van der Waals surface area (Å²) in [6, 6.07) is 5.23. The normalized spacial score (nSPS) is 11.1. The number of benzene rings is 1. The Hall–Kier alpha value is -2.67. The molecule has 3 rings (SSSR count). The van der Waals surface area contributed by atoms with E-state index in [-0.39, 0.29) is 0 Å². The minimum atomic E-state index is -0.463. The molecule has 0 atom stereocenters. The SMILES string of the molecule is NCCNc1ncnc2[nH]c3ccc(C(N)=O)cc3c12. The second-order valence-electron chi connectivity index (χ2n) is 4.41. The summed E-state index contributed by atoms with van der Waals surface area (Å²) in [5, 5.41) is 4.84. The van der Waals surface area contributed by atoms with Crippen LogP contribution < -0.4 is 16.8 Å². The summed E-state index contributed by atoms with van der Waals surface area (Å²) < 4.78 is 0. The van der Waals surface area contributed by atoms with Crippen LogP contribution in [-0.2, 0) is 0 Å². The molecule has 0 aliphatic heterocycles. The lowest BCUT2D eigenvalue weighted by molar-refractivity contribution is 0.100. The van der Waals surface area contributed by atoms with Crippen molar-refractivity contribution in [2.45, 2.75) is 0 Å². The van der Waals surface area contributed by atoms with Crippen LogP contribution in [0, 0.1) is 0 Å². The number of primary amides is 1. The van der Waals surface area contributed by atoms with Crippen molar-refractivity contribution in [1.29, 1.82) is 0 Å². The van der Waals surface area contributed by atoms with Gasteiger partial charge in [-0.25, -0.2) is 9.97 Å². The number of amides is 1. The maximum Gasteiger partial charge on any atom is 0.248 e. The van der Waals surface area contributed by atoms with Crippen molar-refractivity contribution in [3.63, 3.8) is 0 Å². The number of nitrogens with one attached hydrogen (secondary N) is 2. The number of hydrogen-bond acceptors (Lipinski definition) is 5. The van der Waals surface area contributed by atoms with Gasteiger partial charge in [0.15, 0.2) is 0 Å². The third kappa shape index (κ3) is 1.94. The van der Waals surface area contributed by atoms with E-state index in [0.717, 1.165) is 16.3 Å². The second kappa shape index (κ2) is 4.78. The minimum Gasteiger partial charge on any atom is -0.368 e. The zero-order valence-corrected chi connectivity index (χ0v) is 10.7. The number of hydrogen-bond donors (Lipinski definition) is 4. The van der Waals surface area contributed by atoms with Crippen LogP contribution in [0.1, 0.15) is 10.4 Å². The first-order valence-electron chi connectivity index (χ1n) is 6.21. The molecule has 0 aliphatic carbocycles. The highest BCUT2D eigenvalue weighted by Crippen LogP contribution is 2.29. The van der Waals surface area contributed by atoms with E-state index in [1.165, 1.54) is 6.33 Å². The molecule has 0 saturated heterocycles. The topological polar surface area (TPSA) is 123 Å². The lowest BCUT2D eigenvalue weighted by atomic mass is 10.1. The first kappa shape index (κ1) is 12.4. The Morgan fingerprint density at radius 2 is 2.20 bits per heavy atom. The number of aromatic nitrogens is 3. The van der Waals surface area contributed by atoms with E-state index in [1.807, 2.05) is 6.07 Å². The number of anilines is 1. The molecule has 1 aromatic carbocycles. The summed E-state index contributed by atoms with van der Waals surface area (Å²) in [6.07, 6.45) is 1.48. The van der Waals surface area contributed by atoms with Gasteiger partial charge in [-0.05, 0) is 18.2 Å². The highest BCUT2D eigenvalue weighted by atomic mass is 16.1. The van der Waals surface area contributed by atoms with Crippen LogP contribution in [-0.4, -0.2) is 33.9 Å². The van der Waals surface area contributed by atoms with Crippen molar-refractivity contribution in [1.82, 2.24) is 15.0 Å². The van der Waals surface area contributed by atoms with E-state index in [4.69, 9.17) is 11.5 Å². The highest BCUT2D eigenvalue weighted by molar-refractivity contribution is 6.12. The van der Waals surface area contributed by atoms with Crippen LogP contribution >= 0.6 is 0 Å². The Labute approximate surface area is 114 Å². The van der Waals surface area contributed by atoms with Gasteiger partial charge in [0.1, 0.15) is 17.8 Å². The first-order chi connectivity index (χ1) is 9.70. The van der Waals surface area contributed by atoms with E-state index in [0.29, 0.717) is 30.1 Å². The van der Waals surface area contributed by atoms with Crippen molar-refractivity contribution in [3.8, 4) is 0 Å². The largest absolute Gasteiger partial charge is 0.368 e. The Morgan fingerprint density at radius 1 is 1.35 bits per heavy atom. The molecule has 2 heterocycles. The van der Waals surface area contributed by atoms with Crippen LogP contribution in [0.4, 0.5) is 5.82 Å². The molecule has 0 radical (unpaired) electrons. The van der Waals surface area contributed by atoms with Gasteiger partial charge >= 0.3 is 0 Å². The molecule has 0 fully saturated rings. The Bertz CT molecular complexity index is 794. The molecule has 6 N–H and O–H groups in total. The average molecular weight is 270 g/mol. The molecule has 20 heavy (non-hydrogen) atoms. The van der Waals surface area contributed by atoms with Crippen molar-refractivity contribution in [2.75, 3.05) is 18.4 Å². The van der Waals surface area contributed by atoms with E-state index in [1.54, 1.807) is 12.1 Å². The van der Waals surface area contributed by atoms with E-state index < -0.39 is 5.91 Å². The molecular formula is C13H14N6O. The van der Waals surface area contributed by atoms with E-state index in [9.17, 15) is 4.79 Å². The molecule has 0 saturated carbocycles. The van der Waals surface area contributed by atoms with Gasteiger partial charge in [0.25, 0.3) is 0 Å². The van der Waals surface area contributed by atoms with Crippen LogP contribution in [0.3, 0.4) is 0 Å². The van der Waals surface area contributed by atoms with E-state index in [2.05, 4.69) is 20.3 Å². The fourth-order valence-electron chi connectivity index (χ4n) is 2.20. The summed E-state index contributed by atoms with van der Waals surface area (Å²) in [5.41, 5.74) is 12.9. The van der Waals surface area contributed by atoms with Crippen molar-refractivity contribution < 1.29 is 4.79 Å². The summed E-state index contributed by atoms with van der Waals surface area (Å²) in [6.45, 7) is 1.11. The smallest absolute Gasteiger partial charge is 0.248 e. The monoisotopic (exact) mass is 270 g/mol. The number of carbonyl (C=O) groups excluding carboxylic acids is 1. The number of aromatic amines is 1. The number of rotatable bonds is 4. The predicted octanol–water partition coefficient (Wildman–Crippen LogP) is 0.581. The molecule has 2 aromatic heterocycles. The number of H-pyrrole nitrogens is 1. The Morgan fingerprint density at radius 3 is 2.95 bits per heavy atom. The molecule has 0 unspecified atom stereocenters. The van der Waals surface area contributed by atoms with Crippen LogP contribution in [0.5, 0.6) is 0 Å². The lowest BCUT2D eigenvalue weighted by Gasteiger charge is -2.04. The minimum absolute atomic E-state index is 0.451. The molecule has 0 spiro atoms. The molecule has 0 bridgehead atoms. The van der Waals surface area contributed by atoms with Gasteiger partial charge in [0.2, 0.25) is 5.91 Å². The van der Waals surface area contributed by atoms with Gasteiger partial charge in [-0.15, -0.1) is 0 Å². The number of carbonyl (C=O) groups is 1. The second-order valence-corrected chi connectivity index (χ2v) is 4.41. The average Bonchev–Trinajstić information content (AvgIpc) is 2.83. The summed E-state index contributed by atoms with van der Waals surface area (Å²) >= 11 is 0. The van der Waals surface area contributed by atoms with Crippen LogP contribution in [0.2, 0.25) is 0 Å². The van der Waals surface area contributed by atoms with Crippen molar-refractivity contribution >= 4 is 33.7 Å². The summed E-state index contributed by atoms with van der Waals surface area (Å²) in [7, 11) is 0. The standard InChI is InChI=1S/C13H14N6O/c14-3-4-16-12-10-8-5-7(11(15)20)1-2-9(8)19-13(10)18-6-17-12/h1-2,5-6H,3-4,14H2,(H2,15,20)(H2,16,17,18,19). The summed E-state index contributed by atoms with van der Waals surface area (Å²) in [5.74, 6) is 0.225.